The predicted octanol–water partition coefficient (Wildman–Crippen LogP) is 1.07. The van der Waals surface area contributed by atoms with Crippen LogP contribution < -0.4 is 5.73 Å². The Morgan fingerprint density at radius 2 is 2.13 bits per heavy atom. The van der Waals surface area contributed by atoms with E-state index in [4.69, 9.17) is 5.73 Å². The quantitative estimate of drug-likeness (QED) is 0.781. The van der Waals surface area contributed by atoms with Gasteiger partial charge in [-0.3, -0.25) is 0 Å². The maximum atomic E-state index is 5.58. The van der Waals surface area contributed by atoms with E-state index >= 15 is 0 Å². The van der Waals surface area contributed by atoms with E-state index in [0.717, 1.165) is 24.2 Å². The molecule has 0 radical (unpaired) electrons. The van der Waals surface area contributed by atoms with Gasteiger partial charge in [0.1, 0.15) is 5.84 Å². The second-order valence-electron chi connectivity index (χ2n) is 4.06. The van der Waals surface area contributed by atoms with Crippen molar-refractivity contribution in [3.63, 3.8) is 0 Å². The van der Waals surface area contributed by atoms with Crippen LogP contribution in [0.4, 0.5) is 0 Å². The summed E-state index contributed by atoms with van der Waals surface area (Å²) in [5.74, 6) is 0.622. The molecule has 0 unspecified atom stereocenters. The highest BCUT2D eigenvalue weighted by Crippen LogP contribution is 2.36. The van der Waals surface area contributed by atoms with Crippen molar-refractivity contribution in [1.82, 2.24) is 9.55 Å². The summed E-state index contributed by atoms with van der Waals surface area (Å²) in [6.45, 7) is 0. The van der Waals surface area contributed by atoms with Crippen molar-refractivity contribution in [2.24, 2.45) is 15.9 Å². The fraction of sp³-hybridized carbons (Fsp3) is 0.500. The van der Waals surface area contributed by atoms with Crippen molar-refractivity contribution in [1.29, 1.82) is 0 Å². The van der Waals surface area contributed by atoms with Gasteiger partial charge < -0.3 is 10.3 Å². The number of nitrogens with two attached hydrogens (primary N) is 1. The Bertz CT molecular complexity index is 438. The zero-order chi connectivity index (χ0) is 10.3. The SMILES string of the molecule is NC1=NN=C(c2cncn2C2CC2)CC1. The van der Waals surface area contributed by atoms with E-state index in [1.54, 1.807) is 0 Å². The first-order valence-electron chi connectivity index (χ1n) is 5.25. The van der Waals surface area contributed by atoms with Crippen LogP contribution >= 0.6 is 0 Å². The molecule has 2 heterocycles. The van der Waals surface area contributed by atoms with E-state index in [-0.39, 0.29) is 0 Å². The normalized spacial score (nSPS) is 21.1. The number of imidazole rings is 1. The number of nitrogens with zero attached hydrogens (tertiary/aromatic N) is 4. The van der Waals surface area contributed by atoms with E-state index in [0.29, 0.717) is 11.9 Å². The first-order valence-corrected chi connectivity index (χ1v) is 5.25. The highest BCUT2D eigenvalue weighted by molar-refractivity contribution is 6.02. The number of aromatic nitrogens is 2. The van der Waals surface area contributed by atoms with Gasteiger partial charge in [-0.1, -0.05) is 0 Å². The number of amidine groups is 1. The minimum atomic E-state index is 0.622. The molecule has 0 amide bonds. The summed E-state index contributed by atoms with van der Waals surface area (Å²) in [4.78, 5) is 4.18. The van der Waals surface area contributed by atoms with Gasteiger partial charge in [0.2, 0.25) is 0 Å². The first kappa shape index (κ1) is 8.64. The molecule has 1 fully saturated rings. The standard InChI is InChI=1S/C10H13N5/c11-10-4-3-8(13-14-10)9-5-12-6-15(9)7-1-2-7/h5-7H,1-4H2,(H2,11,14). The van der Waals surface area contributed by atoms with Crippen molar-refractivity contribution in [3.8, 4) is 0 Å². The Kier molecular flexibility index (Phi) is 1.83. The molecule has 5 heteroatoms. The third-order valence-electron chi connectivity index (χ3n) is 2.82. The van der Waals surface area contributed by atoms with Crippen LogP contribution in [0.25, 0.3) is 0 Å². The fourth-order valence-corrected chi connectivity index (χ4v) is 1.82. The van der Waals surface area contributed by atoms with Crippen LogP contribution in [0.5, 0.6) is 0 Å². The average molecular weight is 203 g/mol. The summed E-state index contributed by atoms with van der Waals surface area (Å²) in [7, 11) is 0. The third kappa shape index (κ3) is 1.54. The van der Waals surface area contributed by atoms with Crippen molar-refractivity contribution >= 4 is 11.5 Å². The molecule has 2 N–H and O–H groups in total. The lowest BCUT2D eigenvalue weighted by molar-refractivity contribution is 0.730. The second kappa shape index (κ2) is 3.18. The fourth-order valence-electron chi connectivity index (χ4n) is 1.82. The first-order chi connectivity index (χ1) is 7.34. The molecule has 1 aromatic heterocycles. The van der Waals surface area contributed by atoms with Crippen molar-refractivity contribution in [2.75, 3.05) is 0 Å². The molecule has 15 heavy (non-hydrogen) atoms. The Labute approximate surface area is 87.7 Å². The molecular weight excluding hydrogens is 190 g/mol. The molecule has 0 spiro atoms. The van der Waals surface area contributed by atoms with Gasteiger partial charge in [0.05, 0.1) is 23.9 Å². The molecule has 1 aliphatic heterocycles. The van der Waals surface area contributed by atoms with Crippen molar-refractivity contribution < 1.29 is 0 Å². The van der Waals surface area contributed by atoms with Crippen LogP contribution in [0, 0.1) is 0 Å². The maximum Gasteiger partial charge on any atom is 0.122 e. The number of hydrogen-bond acceptors (Lipinski definition) is 4. The lowest BCUT2D eigenvalue weighted by Crippen LogP contribution is -2.19. The van der Waals surface area contributed by atoms with Crippen LogP contribution in [-0.4, -0.2) is 21.1 Å². The van der Waals surface area contributed by atoms with Gasteiger partial charge in [0, 0.05) is 18.9 Å². The van der Waals surface area contributed by atoms with E-state index in [1.807, 2.05) is 12.5 Å². The van der Waals surface area contributed by atoms with Crippen molar-refractivity contribution in [3.05, 3.63) is 18.2 Å². The minimum absolute atomic E-state index is 0.622. The molecule has 5 nitrogen and oxygen atoms in total. The van der Waals surface area contributed by atoms with E-state index in [9.17, 15) is 0 Å². The topological polar surface area (TPSA) is 68.6 Å². The van der Waals surface area contributed by atoms with Gasteiger partial charge in [0.15, 0.2) is 0 Å². The largest absolute Gasteiger partial charge is 0.386 e. The molecule has 0 bridgehead atoms. The maximum absolute atomic E-state index is 5.58. The van der Waals surface area contributed by atoms with E-state index < -0.39 is 0 Å². The third-order valence-corrected chi connectivity index (χ3v) is 2.82. The summed E-state index contributed by atoms with van der Waals surface area (Å²) < 4.78 is 2.20. The highest BCUT2D eigenvalue weighted by Gasteiger charge is 2.27. The summed E-state index contributed by atoms with van der Waals surface area (Å²) >= 11 is 0. The summed E-state index contributed by atoms with van der Waals surface area (Å²) in [5, 5.41) is 8.07. The molecule has 0 atom stereocenters. The molecule has 0 aromatic carbocycles. The van der Waals surface area contributed by atoms with Gasteiger partial charge in [-0.15, -0.1) is 5.10 Å². The molecule has 3 rings (SSSR count). The number of hydrogen-bond donors (Lipinski definition) is 1. The monoisotopic (exact) mass is 203 g/mol. The smallest absolute Gasteiger partial charge is 0.122 e. The Hall–Kier alpha value is -1.65. The Morgan fingerprint density at radius 3 is 2.80 bits per heavy atom. The molecular formula is C10H13N5. The van der Waals surface area contributed by atoms with Crippen LogP contribution in [0.15, 0.2) is 22.7 Å². The van der Waals surface area contributed by atoms with Crippen LogP contribution in [0.2, 0.25) is 0 Å². The minimum Gasteiger partial charge on any atom is -0.386 e. The van der Waals surface area contributed by atoms with Gasteiger partial charge in [-0.2, -0.15) is 5.10 Å². The van der Waals surface area contributed by atoms with Gasteiger partial charge >= 0.3 is 0 Å². The second-order valence-corrected chi connectivity index (χ2v) is 4.06. The van der Waals surface area contributed by atoms with Crippen molar-refractivity contribution in [2.45, 2.75) is 31.7 Å². The summed E-state index contributed by atoms with van der Waals surface area (Å²) in [5.41, 5.74) is 7.69. The lowest BCUT2D eigenvalue weighted by Gasteiger charge is -2.11. The van der Waals surface area contributed by atoms with Gasteiger partial charge in [-0.05, 0) is 12.8 Å². The van der Waals surface area contributed by atoms with Crippen LogP contribution in [-0.2, 0) is 0 Å². The number of rotatable bonds is 2. The summed E-state index contributed by atoms with van der Waals surface area (Å²) in [6.07, 6.45) is 7.93. The molecule has 0 saturated heterocycles. The van der Waals surface area contributed by atoms with Gasteiger partial charge in [0.25, 0.3) is 0 Å². The molecule has 78 valence electrons. The van der Waals surface area contributed by atoms with Gasteiger partial charge in [-0.25, -0.2) is 4.98 Å². The Morgan fingerprint density at radius 1 is 1.27 bits per heavy atom. The molecule has 1 saturated carbocycles. The van der Waals surface area contributed by atoms with Crippen LogP contribution in [0.3, 0.4) is 0 Å². The molecule has 1 aromatic rings. The summed E-state index contributed by atoms with van der Waals surface area (Å²) in [6, 6.07) is 0.633. The lowest BCUT2D eigenvalue weighted by atomic mass is 10.1. The van der Waals surface area contributed by atoms with E-state index in [2.05, 4.69) is 19.8 Å². The highest BCUT2D eigenvalue weighted by atomic mass is 15.3. The van der Waals surface area contributed by atoms with E-state index in [1.165, 1.54) is 12.8 Å². The average Bonchev–Trinajstić information content (AvgIpc) is 2.98. The predicted molar refractivity (Wildman–Crippen MR) is 57.9 cm³/mol. The Balaban J connectivity index is 1.95. The molecule has 2 aliphatic rings. The van der Waals surface area contributed by atoms with Crippen LogP contribution in [0.1, 0.15) is 37.4 Å². The molecule has 1 aliphatic carbocycles. The zero-order valence-electron chi connectivity index (χ0n) is 8.43. The zero-order valence-corrected chi connectivity index (χ0v) is 8.43.